The first kappa shape index (κ1) is 11.4. The van der Waals surface area contributed by atoms with Crippen molar-refractivity contribution in [2.75, 3.05) is 0 Å². The van der Waals surface area contributed by atoms with E-state index in [0.29, 0.717) is 0 Å². The molecular weight excluding hydrogens is 188 g/mol. The fraction of sp³-hybridized carbons (Fsp3) is 0.889. The van der Waals surface area contributed by atoms with E-state index in [2.05, 4.69) is 0 Å². The largest absolute Gasteiger partial charge is 0.457 e. The average molecular weight is 204 g/mol. The molecule has 5 heteroatoms. The number of aliphatic hydroxyl groups excluding tert-OH is 1. The maximum absolute atomic E-state index is 10.8. The van der Waals surface area contributed by atoms with Gasteiger partial charge in [-0.3, -0.25) is 4.79 Å². The van der Waals surface area contributed by atoms with Crippen molar-refractivity contribution in [2.24, 2.45) is 0 Å². The standard InChI is InChI=1S/C9H16O5/c1-5-8(14-6(2)10)9(3,12)4-7(11)13-5/h5,7-8,11-12H,4H2,1-3H3/t5-,7+,8-,9+/m1/s1. The Labute approximate surface area is 82.6 Å². The third kappa shape index (κ3) is 2.43. The molecule has 0 aromatic heterocycles. The summed E-state index contributed by atoms with van der Waals surface area (Å²) in [5.74, 6) is -0.470. The van der Waals surface area contributed by atoms with Crippen molar-refractivity contribution in [1.82, 2.24) is 0 Å². The minimum atomic E-state index is -1.25. The summed E-state index contributed by atoms with van der Waals surface area (Å²) in [6, 6.07) is 0. The fourth-order valence-corrected chi connectivity index (χ4v) is 1.74. The zero-order chi connectivity index (χ0) is 10.9. The molecule has 0 saturated carbocycles. The molecule has 0 spiro atoms. The van der Waals surface area contributed by atoms with E-state index in [1.165, 1.54) is 13.8 Å². The van der Waals surface area contributed by atoms with Gasteiger partial charge in [-0.25, -0.2) is 0 Å². The van der Waals surface area contributed by atoms with Crippen molar-refractivity contribution >= 4 is 5.97 Å². The van der Waals surface area contributed by atoms with Gasteiger partial charge in [-0.1, -0.05) is 0 Å². The molecular formula is C9H16O5. The van der Waals surface area contributed by atoms with E-state index in [1.54, 1.807) is 6.92 Å². The Morgan fingerprint density at radius 1 is 1.64 bits per heavy atom. The van der Waals surface area contributed by atoms with Gasteiger partial charge in [0.05, 0.1) is 6.10 Å². The third-order valence-corrected chi connectivity index (χ3v) is 2.29. The monoisotopic (exact) mass is 204 g/mol. The van der Waals surface area contributed by atoms with Crippen LogP contribution in [0.3, 0.4) is 0 Å². The van der Waals surface area contributed by atoms with E-state index < -0.39 is 30.1 Å². The van der Waals surface area contributed by atoms with Crippen LogP contribution in [0.1, 0.15) is 27.2 Å². The first-order valence-corrected chi connectivity index (χ1v) is 4.56. The molecule has 1 heterocycles. The van der Waals surface area contributed by atoms with E-state index in [9.17, 15) is 15.0 Å². The van der Waals surface area contributed by atoms with Crippen molar-refractivity contribution in [3.63, 3.8) is 0 Å². The van der Waals surface area contributed by atoms with E-state index in [-0.39, 0.29) is 6.42 Å². The van der Waals surface area contributed by atoms with Crippen LogP contribution in [0.4, 0.5) is 0 Å². The van der Waals surface area contributed by atoms with E-state index in [4.69, 9.17) is 9.47 Å². The normalized spacial score (nSPS) is 43.4. The highest BCUT2D eigenvalue weighted by Gasteiger charge is 2.45. The van der Waals surface area contributed by atoms with Crippen molar-refractivity contribution in [2.45, 2.75) is 51.3 Å². The van der Waals surface area contributed by atoms with Crippen LogP contribution in [0.2, 0.25) is 0 Å². The number of esters is 1. The lowest BCUT2D eigenvalue weighted by molar-refractivity contribution is -0.263. The average Bonchev–Trinajstić information content (AvgIpc) is 1.95. The van der Waals surface area contributed by atoms with Gasteiger partial charge in [0, 0.05) is 13.3 Å². The minimum Gasteiger partial charge on any atom is -0.457 e. The Balaban J connectivity index is 2.74. The van der Waals surface area contributed by atoms with Gasteiger partial charge in [-0.05, 0) is 13.8 Å². The molecule has 0 aromatic carbocycles. The van der Waals surface area contributed by atoms with Crippen LogP contribution in [0.25, 0.3) is 0 Å². The Kier molecular flexibility index (Phi) is 3.14. The molecule has 1 aliphatic heterocycles. The van der Waals surface area contributed by atoms with E-state index >= 15 is 0 Å². The molecule has 4 atom stereocenters. The second-order valence-corrected chi connectivity index (χ2v) is 3.89. The molecule has 0 bridgehead atoms. The lowest BCUT2D eigenvalue weighted by Crippen LogP contribution is -2.56. The summed E-state index contributed by atoms with van der Waals surface area (Å²) in [4.78, 5) is 10.8. The van der Waals surface area contributed by atoms with Gasteiger partial charge >= 0.3 is 5.97 Å². The molecule has 14 heavy (non-hydrogen) atoms. The van der Waals surface area contributed by atoms with Gasteiger partial charge in [0.25, 0.3) is 0 Å². The first-order chi connectivity index (χ1) is 6.33. The van der Waals surface area contributed by atoms with Gasteiger partial charge in [0.15, 0.2) is 12.4 Å². The van der Waals surface area contributed by atoms with Gasteiger partial charge < -0.3 is 19.7 Å². The molecule has 0 aliphatic carbocycles. The summed E-state index contributed by atoms with van der Waals surface area (Å²) < 4.78 is 10.00. The van der Waals surface area contributed by atoms with Crippen LogP contribution >= 0.6 is 0 Å². The molecule has 1 rings (SSSR count). The van der Waals surface area contributed by atoms with Crippen LogP contribution < -0.4 is 0 Å². The van der Waals surface area contributed by atoms with Gasteiger partial charge in [0.2, 0.25) is 0 Å². The zero-order valence-electron chi connectivity index (χ0n) is 8.56. The smallest absolute Gasteiger partial charge is 0.303 e. The van der Waals surface area contributed by atoms with Crippen LogP contribution in [0.5, 0.6) is 0 Å². The number of carbonyl (C=O) groups excluding carboxylic acids is 1. The van der Waals surface area contributed by atoms with Crippen LogP contribution in [0.15, 0.2) is 0 Å². The summed E-state index contributed by atoms with van der Waals surface area (Å²) in [7, 11) is 0. The van der Waals surface area contributed by atoms with Gasteiger partial charge in [-0.15, -0.1) is 0 Å². The lowest BCUT2D eigenvalue weighted by Gasteiger charge is -2.42. The lowest BCUT2D eigenvalue weighted by atomic mass is 9.89. The molecule has 1 fully saturated rings. The molecule has 0 aromatic rings. The van der Waals surface area contributed by atoms with Gasteiger partial charge in [-0.2, -0.15) is 0 Å². The van der Waals surface area contributed by atoms with Crippen molar-refractivity contribution in [3.05, 3.63) is 0 Å². The Morgan fingerprint density at radius 2 is 2.21 bits per heavy atom. The Hall–Kier alpha value is -0.650. The molecule has 2 N–H and O–H groups in total. The number of carbonyl (C=O) groups is 1. The summed E-state index contributed by atoms with van der Waals surface area (Å²) in [6.07, 6.45) is -2.22. The van der Waals surface area contributed by atoms with Crippen molar-refractivity contribution < 1.29 is 24.5 Å². The minimum absolute atomic E-state index is 0.0370. The zero-order valence-corrected chi connectivity index (χ0v) is 8.56. The summed E-state index contributed by atoms with van der Waals surface area (Å²) >= 11 is 0. The predicted molar refractivity (Wildman–Crippen MR) is 47.3 cm³/mol. The van der Waals surface area contributed by atoms with Crippen LogP contribution in [0, 0.1) is 0 Å². The number of rotatable bonds is 1. The van der Waals surface area contributed by atoms with E-state index in [0.717, 1.165) is 0 Å². The Morgan fingerprint density at radius 3 is 2.64 bits per heavy atom. The summed E-state index contributed by atoms with van der Waals surface area (Å²) in [5, 5.41) is 19.2. The van der Waals surface area contributed by atoms with Crippen LogP contribution in [-0.2, 0) is 14.3 Å². The number of hydrogen-bond donors (Lipinski definition) is 2. The quantitative estimate of drug-likeness (QED) is 0.578. The second kappa shape index (κ2) is 3.84. The van der Waals surface area contributed by atoms with Crippen molar-refractivity contribution in [3.8, 4) is 0 Å². The fourth-order valence-electron chi connectivity index (χ4n) is 1.74. The topological polar surface area (TPSA) is 76.0 Å². The molecule has 1 saturated heterocycles. The predicted octanol–water partition coefficient (Wildman–Crippen LogP) is -0.204. The highest BCUT2D eigenvalue weighted by atomic mass is 16.6. The van der Waals surface area contributed by atoms with Crippen molar-refractivity contribution in [1.29, 1.82) is 0 Å². The molecule has 0 unspecified atom stereocenters. The summed E-state index contributed by atoms with van der Waals surface area (Å²) in [5.41, 5.74) is -1.25. The number of ether oxygens (including phenoxy) is 2. The first-order valence-electron chi connectivity index (χ1n) is 4.56. The van der Waals surface area contributed by atoms with E-state index in [1.807, 2.05) is 0 Å². The molecule has 1 aliphatic rings. The van der Waals surface area contributed by atoms with Gasteiger partial charge in [0.1, 0.15) is 5.60 Å². The second-order valence-electron chi connectivity index (χ2n) is 3.89. The molecule has 82 valence electrons. The molecule has 5 nitrogen and oxygen atoms in total. The summed E-state index contributed by atoms with van der Waals surface area (Å²) in [6.45, 7) is 4.43. The number of hydrogen-bond acceptors (Lipinski definition) is 5. The maximum atomic E-state index is 10.8. The third-order valence-electron chi connectivity index (χ3n) is 2.29. The maximum Gasteiger partial charge on any atom is 0.303 e. The molecule has 0 amide bonds. The highest BCUT2D eigenvalue weighted by Crippen LogP contribution is 2.30. The highest BCUT2D eigenvalue weighted by molar-refractivity contribution is 5.66. The Bertz CT molecular complexity index is 225. The number of aliphatic hydroxyl groups is 2. The van der Waals surface area contributed by atoms with Crippen LogP contribution in [-0.4, -0.2) is 40.3 Å². The molecule has 0 radical (unpaired) electrons. The SMILES string of the molecule is CC(=O)O[C@@H]1[C@@H](C)O[C@H](O)C[C@]1(C)O.